The Morgan fingerprint density at radius 2 is 1.48 bits per heavy atom. The summed E-state index contributed by atoms with van der Waals surface area (Å²) in [7, 11) is -1.23. The summed E-state index contributed by atoms with van der Waals surface area (Å²) in [5.74, 6) is 0.842. The summed E-state index contributed by atoms with van der Waals surface area (Å²) < 4.78 is 8.24. The predicted octanol–water partition coefficient (Wildman–Crippen LogP) is 12.2. The summed E-state index contributed by atoms with van der Waals surface area (Å²) in [5, 5.41) is 2.43. The minimum atomic E-state index is -1.23. The van der Waals surface area contributed by atoms with Gasteiger partial charge in [-0.2, -0.15) is 0 Å². The van der Waals surface area contributed by atoms with E-state index in [0.29, 0.717) is 0 Å². The van der Waals surface area contributed by atoms with Crippen molar-refractivity contribution in [1.82, 2.24) is 14.5 Å². The molecule has 8 aromatic rings. The molecule has 6 heteroatoms. The number of furan rings is 1. The van der Waals surface area contributed by atoms with Gasteiger partial charge in [0, 0.05) is 43.8 Å². The Balaban J connectivity index is 0.000000246. The topological polar surface area (TPSA) is 43.9 Å². The number of hydrogen-bond donors (Lipinski definition) is 0. The van der Waals surface area contributed by atoms with Gasteiger partial charge in [0.1, 0.15) is 0 Å². The van der Waals surface area contributed by atoms with Crippen molar-refractivity contribution in [1.29, 1.82) is 0 Å². The Labute approximate surface area is 334 Å². The van der Waals surface area contributed by atoms with Gasteiger partial charge in [0.2, 0.25) is 0 Å². The van der Waals surface area contributed by atoms with Crippen LogP contribution in [0.2, 0.25) is 19.6 Å². The molecule has 8 rings (SSSR count). The molecule has 0 N–H and O–H groups in total. The van der Waals surface area contributed by atoms with Crippen molar-refractivity contribution >= 4 is 35.3 Å². The molecule has 0 fully saturated rings. The van der Waals surface area contributed by atoms with E-state index in [1.54, 1.807) is 0 Å². The molecule has 1 radical (unpaired) electrons. The molecule has 0 aliphatic heterocycles. The molecular weight excluding hydrogens is 855 g/mol. The van der Waals surface area contributed by atoms with Crippen molar-refractivity contribution in [3.8, 4) is 39.5 Å². The first kappa shape index (κ1) is 38.8. The van der Waals surface area contributed by atoms with E-state index in [2.05, 4.69) is 167 Å². The van der Waals surface area contributed by atoms with Crippen LogP contribution in [-0.4, -0.2) is 22.6 Å². The van der Waals surface area contributed by atoms with Crippen molar-refractivity contribution in [2.75, 3.05) is 0 Å². The van der Waals surface area contributed by atoms with E-state index in [-0.39, 0.29) is 25.5 Å². The van der Waals surface area contributed by atoms with Gasteiger partial charge < -0.3 is 14.0 Å². The number of pyridine rings is 1. The average molecular weight is 902 g/mol. The Hall–Kier alpha value is -4.87. The molecule has 0 unspecified atom stereocenters. The van der Waals surface area contributed by atoms with Crippen LogP contribution in [-0.2, 0) is 26.5 Å². The Bertz CT molecular complexity index is 2480. The van der Waals surface area contributed by atoms with Gasteiger partial charge >= 0.3 is 0 Å². The van der Waals surface area contributed by atoms with Crippen molar-refractivity contribution < 1.29 is 24.5 Å². The molecular formula is C48H47IrN3OSi-2. The second-order valence-corrected chi connectivity index (χ2v) is 21.3. The van der Waals surface area contributed by atoms with Gasteiger partial charge in [-0.3, -0.25) is 4.98 Å². The van der Waals surface area contributed by atoms with Crippen molar-refractivity contribution in [3.63, 3.8) is 0 Å². The van der Waals surface area contributed by atoms with Crippen LogP contribution in [0.5, 0.6) is 0 Å². The van der Waals surface area contributed by atoms with Crippen molar-refractivity contribution in [2.24, 2.45) is 5.41 Å². The summed E-state index contributed by atoms with van der Waals surface area (Å²) in [4.78, 5) is 9.59. The average Bonchev–Trinajstić information content (AvgIpc) is 3.73. The molecule has 0 saturated carbocycles. The molecule has 3 aromatic heterocycles. The molecule has 54 heavy (non-hydrogen) atoms. The molecule has 5 aromatic carbocycles. The predicted molar refractivity (Wildman–Crippen MR) is 225 cm³/mol. The third-order valence-electron chi connectivity index (χ3n) is 9.55. The number of para-hydroxylation sites is 2. The van der Waals surface area contributed by atoms with Crippen molar-refractivity contribution in [3.05, 3.63) is 157 Å². The number of hydrogen-bond acceptors (Lipinski definition) is 3. The maximum Gasteiger partial charge on any atom is 0.0795 e. The molecule has 275 valence electrons. The molecule has 0 aliphatic carbocycles. The van der Waals surface area contributed by atoms with Crippen LogP contribution >= 0.6 is 0 Å². The minimum absolute atomic E-state index is 0. The van der Waals surface area contributed by atoms with E-state index >= 15 is 0 Å². The maximum atomic E-state index is 5.99. The van der Waals surface area contributed by atoms with Crippen LogP contribution in [0.1, 0.15) is 37.5 Å². The van der Waals surface area contributed by atoms with Gasteiger partial charge in [-0.15, -0.1) is 42.0 Å². The normalized spacial score (nSPS) is 11.6. The van der Waals surface area contributed by atoms with Gasteiger partial charge in [-0.1, -0.05) is 124 Å². The van der Waals surface area contributed by atoms with Crippen LogP contribution < -0.4 is 5.19 Å². The van der Waals surface area contributed by atoms with E-state index in [9.17, 15) is 0 Å². The van der Waals surface area contributed by atoms with E-state index in [1.165, 1.54) is 33.0 Å². The Morgan fingerprint density at radius 1 is 0.778 bits per heavy atom. The molecule has 0 saturated heterocycles. The molecule has 4 nitrogen and oxygen atoms in total. The van der Waals surface area contributed by atoms with E-state index < -0.39 is 8.07 Å². The smallest absolute Gasteiger partial charge is 0.0795 e. The van der Waals surface area contributed by atoms with Crippen LogP contribution in [0, 0.1) is 31.6 Å². The summed E-state index contributed by atoms with van der Waals surface area (Å²) in [5.41, 5.74) is 13.4. The fourth-order valence-corrected chi connectivity index (χ4v) is 8.08. The third-order valence-corrected chi connectivity index (χ3v) is 11.6. The van der Waals surface area contributed by atoms with Crippen LogP contribution in [0.25, 0.3) is 61.5 Å². The summed E-state index contributed by atoms with van der Waals surface area (Å²) in [6.45, 7) is 18.1. The van der Waals surface area contributed by atoms with Gasteiger partial charge in [-0.05, 0) is 83.1 Å². The number of imidazole rings is 1. The SMILES string of the molecule is C[Si](C)(C)c1ccc(-c2[c-]cccc2)nc1.Cc1cc(-n2c(-c3[c-]oc4cc(CC(C)(C)C)ccc34)nc3ccccc32)cc(C)c1-c1ccccc1.[Ir]. The zero-order chi connectivity index (χ0) is 37.3. The number of aryl methyl sites for hydroxylation is 2. The van der Waals surface area contributed by atoms with Gasteiger partial charge in [0.15, 0.2) is 0 Å². The fraction of sp³-hybridized carbons (Fsp3) is 0.208. The summed E-state index contributed by atoms with van der Waals surface area (Å²) in [6.07, 6.45) is 6.21. The second-order valence-electron chi connectivity index (χ2n) is 16.2. The van der Waals surface area contributed by atoms with Crippen molar-refractivity contribution in [2.45, 2.75) is 60.7 Å². The molecule has 0 amide bonds. The fourth-order valence-electron chi connectivity index (χ4n) is 7.04. The van der Waals surface area contributed by atoms with Crippen LogP contribution in [0.4, 0.5) is 0 Å². The Morgan fingerprint density at radius 3 is 2.13 bits per heavy atom. The molecule has 0 bridgehead atoms. The minimum Gasteiger partial charge on any atom is -0.557 e. The van der Waals surface area contributed by atoms with Gasteiger partial charge in [-0.25, -0.2) is 0 Å². The van der Waals surface area contributed by atoms with E-state index in [0.717, 1.165) is 56.8 Å². The first-order chi connectivity index (χ1) is 25.4. The zero-order valence-corrected chi connectivity index (χ0v) is 35.8. The summed E-state index contributed by atoms with van der Waals surface area (Å²) >= 11 is 0. The monoisotopic (exact) mass is 902 g/mol. The number of fused-ring (bicyclic) bond motifs is 2. The number of aromatic nitrogens is 3. The largest absolute Gasteiger partial charge is 0.557 e. The van der Waals surface area contributed by atoms with E-state index in [4.69, 9.17) is 9.40 Å². The first-order valence-corrected chi connectivity index (χ1v) is 21.9. The van der Waals surface area contributed by atoms with Crippen LogP contribution in [0.15, 0.2) is 132 Å². The first-order valence-electron chi connectivity index (χ1n) is 18.4. The second kappa shape index (κ2) is 15.8. The Kier molecular flexibility index (Phi) is 11.4. The molecule has 0 spiro atoms. The number of rotatable bonds is 6. The van der Waals surface area contributed by atoms with E-state index in [1.807, 2.05) is 36.5 Å². The zero-order valence-electron chi connectivity index (χ0n) is 32.4. The van der Waals surface area contributed by atoms with Gasteiger partial charge in [0.05, 0.1) is 24.9 Å². The standard InChI is InChI=1S/C34H31N2O.C14H16NSi.Ir/c1-22-17-26(18-23(2)32(22)25-11-7-6-8-12-25)36-30-14-10-9-13-29(30)35-33(36)28-21-37-31-19-24(15-16-27(28)31)20-34(3,4)5;1-16(2,3)13-9-10-14(15-11-13)12-7-5-4-6-8-12;/h6-19H,20H2,1-5H3;4-7,9-11H,1-3H3;/q2*-1;. The summed E-state index contributed by atoms with van der Waals surface area (Å²) in [6, 6.07) is 45.4. The third kappa shape index (κ3) is 8.42. The number of nitrogens with zero attached hydrogens (tertiary/aromatic N) is 3. The molecule has 0 atom stereocenters. The molecule has 3 heterocycles. The molecule has 0 aliphatic rings. The van der Waals surface area contributed by atoms with Crippen LogP contribution in [0.3, 0.4) is 0 Å². The maximum absolute atomic E-state index is 5.99. The quantitative estimate of drug-likeness (QED) is 0.123. The van der Waals surface area contributed by atoms with Gasteiger partial charge in [0.25, 0.3) is 0 Å². The number of benzene rings is 5.